The Kier molecular flexibility index (Phi) is 3.54. The van der Waals surface area contributed by atoms with Crippen molar-refractivity contribution < 1.29 is 9.53 Å². The maximum Gasteiger partial charge on any atom is 0.407 e. The molecule has 2 aromatic rings. The van der Waals surface area contributed by atoms with E-state index in [9.17, 15) is 4.79 Å². The minimum atomic E-state index is -0.356. The van der Waals surface area contributed by atoms with Crippen LogP contribution in [0.15, 0.2) is 48.5 Å². The largest absolute Gasteiger partial charge is 0.449 e. The van der Waals surface area contributed by atoms with E-state index in [1.807, 2.05) is 24.3 Å². The highest BCUT2D eigenvalue weighted by Crippen LogP contribution is 2.44. The van der Waals surface area contributed by atoms with Crippen LogP contribution in [-0.2, 0) is 4.74 Å². The molecule has 0 spiro atoms. The van der Waals surface area contributed by atoms with Gasteiger partial charge in [0.2, 0.25) is 0 Å². The predicted molar refractivity (Wildman–Crippen MR) is 89.2 cm³/mol. The van der Waals surface area contributed by atoms with Crippen LogP contribution in [0, 0.1) is 5.92 Å². The Balaban J connectivity index is 1.45. The maximum absolute atomic E-state index is 11.9. The Morgan fingerprint density at radius 3 is 2.22 bits per heavy atom. The maximum atomic E-state index is 11.9. The molecule has 118 valence electrons. The summed E-state index contributed by atoms with van der Waals surface area (Å²) in [6.45, 7) is 0.967. The molecule has 1 amide bonds. The molecule has 2 aliphatic carbocycles. The lowest BCUT2D eigenvalue weighted by Crippen LogP contribution is -2.29. The Morgan fingerprint density at radius 1 is 1.09 bits per heavy atom. The van der Waals surface area contributed by atoms with E-state index in [-0.39, 0.29) is 18.1 Å². The van der Waals surface area contributed by atoms with Crippen molar-refractivity contribution in [2.75, 3.05) is 13.2 Å². The summed E-state index contributed by atoms with van der Waals surface area (Å²) < 4.78 is 5.46. The third-order valence-electron chi connectivity index (χ3n) is 4.83. The first-order valence-electron chi connectivity index (χ1n) is 8.08. The van der Waals surface area contributed by atoms with Crippen molar-refractivity contribution in [3.8, 4) is 11.1 Å². The van der Waals surface area contributed by atoms with Crippen molar-refractivity contribution in [3.63, 3.8) is 0 Å². The average molecular weight is 308 g/mol. The van der Waals surface area contributed by atoms with Crippen molar-refractivity contribution in [1.29, 1.82) is 0 Å². The number of hydrogen-bond acceptors (Lipinski definition) is 3. The lowest BCUT2D eigenvalue weighted by atomic mass is 9.98. The molecular formula is C19H20N2O2. The number of carbonyl (C=O) groups is 1. The molecule has 2 aliphatic rings. The van der Waals surface area contributed by atoms with Gasteiger partial charge in [0.05, 0.1) is 0 Å². The van der Waals surface area contributed by atoms with Crippen LogP contribution in [0.3, 0.4) is 0 Å². The number of benzene rings is 2. The SMILES string of the molecule is N[C@H]1C[C@@H]1CNC(=O)OCC1c2ccccc2-c2ccccc21. The van der Waals surface area contributed by atoms with Crippen LogP contribution in [0.25, 0.3) is 11.1 Å². The van der Waals surface area contributed by atoms with Crippen LogP contribution in [0.4, 0.5) is 4.79 Å². The Bertz CT molecular complexity index is 698. The lowest BCUT2D eigenvalue weighted by molar-refractivity contribution is 0.142. The molecule has 1 fully saturated rings. The predicted octanol–water partition coefficient (Wildman–Crippen LogP) is 2.87. The molecule has 1 saturated carbocycles. The molecule has 4 nitrogen and oxygen atoms in total. The molecule has 2 atom stereocenters. The lowest BCUT2D eigenvalue weighted by Gasteiger charge is -2.14. The molecule has 0 unspecified atom stereocenters. The molecule has 4 heteroatoms. The summed E-state index contributed by atoms with van der Waals surface area (Å²) in [7, 11) is 0. The Hall–Kier alpha value is -2.33. The number of carbonyl (C=O) groups excluding carboxylic acids is 1. The van der Waals surface area contributed by atoms with Gasteiger partial charge in [-0.3, -0.25) is 0 Å². The van der Waals surface area contributed by atoms with Gasteiger partial charge in [0.15, 0.2) is 0 Å². The van der Waals surface area contributed by atoms with E-state index < -0.39 is 0 Å². The van der Waals surface area contributed by atoms with Gasteiger partial charge >= 0.3 is 6.09 Å². The second kappa shape index (κ2) is 5.70. The van der Waals surface area contributed by atoms with Gasteiger partial charge in [-0.1, -0.05) is 48.5 Å². The number of ether oxygens (including phenoxy) is 1. The molecule has 0 radical (unpaired) electrons. The van der Waals surface area contributed by atoms with Gasteiger partial charge < -0.3 is 15.8 Å². The summed E-state index contributed by atoms with van der Waals surface area (Å²) >= 11 is 0. The van der Waals surface area contributed by atoms with Crippen LogP contribution in [0.5, 0.6) is 0 Å². The van der Waals surface area contributed by atoms with Gasteiger partial charge in [-0.2, -0.15) is 0 Å². The van der Waals surface area contributed by atoms with Gasteiger partial charge in [-0.15, -0.1) is 0 Å². The number of hydrogen-bond donors (Lipinski definition) is 2. The van der Waals surface area contributed by atoms with Crippen molar-refractivity contribution in [1.82, 2.24) is 5.32 Å². The summed E-state index contributed by atoms with van der Waals surface area (Å²) in [5.74, 6) is 0.520. The smallest absolute Gasteiger partial charge is 0.407 e. The first-order chi connectivity index (χ1) is 11.2. The first-order valence-corrected chi connectivity index (χ1v) is 8.08. The average Bonchev–Trinajstić information content (AvgIpc) is 3.20. The molecular weight excluding hydrogens is 288 g/mol. The highest BCUT2D eigenvalue weighted by Gasteiger charge is 2.34. The van der Waals surface area contributed by atoms with Gasteiger partial charge in [-0.25, -0.2) is 4.79 Å². The van der Waals surface area contributed by atoms with E-state index in [1.165, 1.54) is 22.3 Å². The zero-order valence-corrected chi connectivity index (χ0v) is 12.9. The fourth-order valence-corrected chi connectivity index (χ4v) is 3.37. The van der Waals surface area contributed by atoms with E-state index in [0.717, 1.165) is 6.42 Å². The van der Waals surface area contributed by atoms with Crippen LogP contribution < -0.4 is 11.1 Å². The van der Waals surface area contributed by atoms with Crippen LogP contribution >= 0.6 is 0 Å². The molecule has 0 aromatic heterocycles. The van der Waals surface area contributed by atoms with Crippen molar-refractivity contribution >= 4 is 6.09 Å². The monoisotopic (exact) mass is 308 g/mol. The number of alkyl carbamates (subject to hydrolysis) is 1. The fourth-order valence-electron chi connectivity index (χ4n) is 3.37. The minimum absolute atomic E-state index is 0.108. The molecule has 2 aromatic carbocycles. The fraction of sp³-hybridized carbons (Fsp3) is 0.316. The van der Waals surface area contributed by atoms with E-state index in [4.69, 9.17) is 10.5 Å². The van der Waals surface area contributed by atoms with Gasteiger partial charge in [-0.05, 0) is 34.6 Å². The van der Waals surface area contributed by atoms with E-state index in [0.29, 0.717) is 19.1 Å². The summed E-state index contributed by atoms with van der Waals surface area (Å²) in [5, 5.41) is 2.81. The minimum Gasteiger partial charge on any atom is -0.449 e. The summed E-state index contributed by atoms with van der Waals surface area (Å²) in [6.07, 6.45) is 0.634. The quantitative estimate of drug-likeness (QED) is 0.913. The molecule has 0 aliphatic heterocycles. The Labute approximate surface area is 135 Å². The number of nitrogens with one attached hydrogen (secondary N) is 1. The molecule has 0 saturated heterocycles. The molecule has 23 heavy (non-hydrogen) atoms. The highest BCUT2D eigenvalue weighted by molar-refractivity contribution is 5.79. The number of fused-ring (bicyclic) bond motifs is 3. The molecule has 3 N–H and O–H groups in total. The second-order valence-electron chi connectivity index (χ2n) is 6.37. The number of nitrogens with two attached hydrogens (primary N) is 1. The topological polar surface area (TPSA) is 64.3 Å². The van der Waals surface area contributed by atoms with Crippen LogP contribution in [0.2, 0.25) is 0 Å². The zero-order chi connectivity index (χ0) is 15.8. The molecule has 4 rings (SSSR count). The van der Waals surface area contributed by atoms with E-state index >= 15 is 0 Å². The summed E-state index contributed by atoms with van der Waals surface area (Å²) in [6, 6.07) is 16.9. The van der Waals surface area contributed by atoms with Crippen LogP contribution in [0.1, 0.15) is 23.5 Å². The Morgan fingerprint density at radius 2 is 1.65 bits per heavy atom. The number of rotatable bonds is 4. The van der Waals surface area contributed by atoms with Crippen molar-refractivity contribution in [2.45, 2.75) is 18.4 Å². The normalized spacial score (nSPS) is 21.4. The summed E-state index contributed by atoms with van der Waals surface area (Å²) in [5.41, 5.74) is 10.7. The second-order valence-corrected chi connectivity index (χ2v) is 6.37. The van der Waals surface area contributed by atoms with Crippen molar-refractivity contribution in [3.05, 3.63) is 59.7 Å². The summed E-state index contributed by atoms with van der Waals surface area (Å²) in [4.78, 5) is 11.9. The van der Waals surface area contributed by atoms with E-state index in [2.05, 4.69) is 29.6 Å². The molecule has 0 bridgehead atoms. The van der Waals surface area contributed by atoms with E-state index in [1.54, 1.807) is 0 Å². The standard InChI is InChI=1S/C19H20N2O2/c20-18-9-12(18)10-21-19(22)23-11-17-15-7-3-1-5-13(15)14-6-2-4-8-16(14)17/h1-8,12,17-18H,9-11,20H2,(H,21,22)/t12-,18+/m1/s1. The highest BCUT2D eigenvalue weighted by atomic mass is 16.5. The van der Waals surface area contributed by atoms with Gasteiger partial charge in [0.25, 0.3) is 0 Å². The first kappa shape index (κ1) is 14.3. The van der Waals surface area contributed by atoms with Crippen molar-refractivity contribution in [2.24, 2.45) is 11.7 Å². The third kappa shape index (κ3) is 2.70. The van der Waals surface area contributed by atoms with Gasteiger partial charge in [0, 0.05) is 18.5 Å². The zero-order valence-electron chi connectivity index (χ0n) is 12.9. The number of amides is 1. The molecule has 0 heterocycles. The van der Waals surface area contributed by atoms with Crippen LogP contribution in [-0.4, -0.2) is 25.3 Å². The van der Waals surface area contributed by atoms with Gasteiger partial charge in [0.1, 0.15) is 6.61 Å². The third-order valence-corrected chi connectivity index (χ3v) is 4.83.